The maximum absolute atomic E-state index is 10.5. The number of aromatic nitrogens is 2. The summed E-state index contributed by atoms with van der Waals surface area (Å²) in [6.45, 7) is 3.87. The Hall–Kier alpha value is -2.43. The van der Waals surface area contributed by atoms with Crippen LogP contribution in [0.3, 0.4) is 0 Å². The zero-order chi connectivity index (χ0) is 13.8. The molecule has 0 saturated heterocycles. The summed E-state index contributed by atoms with van der Waals surface area (Å²) in [7, 11) is 0. The SMILES string of the molecule is Cc1ccc(C)c(-c2cc(NCC(=O)O)ncn2)c1. The summed E-state index contributed by atoms with van der Waals surface area (Å²) >= 11 is 0. The maximum atomic E-state index is 10.5. The minimum Gasteiger partial charge on any atom is -0.480 e. The van der Waals surface area contributed by atoms with Crippen molar-refractivity contribution in [2.24, 2.45) is 0 Å². The summed E-state index contributed by atoms with van der Waals surface area (Å²) in [5, 5.41) is 11.4. The van der Waals surface area contributed by atoms with Gasteiger partial charge in [0.25, 0.3) is 0 Å². The summed E-state index contributed by atoms with van der Waals surface area (Å²) in [6, 6.07) is 7.89. The number of carboxylic acids is 1. The largest absolute Gasteiger partial charge is 0.480 e. The molecule has 19 heavy (non-hydrogen) atoms. The standard InChI is InChI=1S/C14H15N3O2/c1-9-3-4-10(2)11(5-9)12-6-13(17-8-16-12)15-7-14(18)19/h3-6,8H,7H2,1-2H3,(H,18,19)(H,15,16,17). The number of rotatable bonds is 4. The fraction of sp³-hybridized carbons (Fsp3) is 0.214. The Labute approximate surface area is 111 Å². The molecule has 0 radical (unpaired) electrons. The van der Waals surface area contributed by atoms with Gasteiger partial charge in [0.05, 0.1) is 5.69 Å². The van der Waals surface area contributed by atoms with E-state index in [-0.39, 0.29) is 6.54 Å². The van der Waals surface area contributed by atoms with E-state index in [2.05, 4.69) is 21.4 Å². The van der Waals surface area contributed by atoms with Gasteiger partial charge in [-0.15, -0.1) is 0 Å². The van der Waals surface area contributed by atoms with E-state index in [1.807, 2.05) is 26.0 Å². The number of carbonyl (C=O) groups is 1. The lowest BCUT2D eigenvalue weighted by molar-refractivity contribution is -0.134. The number of aliphatic carboxylic acids is 1. The molecule has 0 bridgehead atoms. The molecule has 1 aromatic carbocycles. The van der Waals surface area contributed by atoms with E-state index in [0.717, 1.165) is 22.4 Å². The molecule has 5 nitrogen and oxygen atoms in total. The quantitative estimate of drug-likeness (QED) is 0.878. The predicted octanol–water partition coefficient (Wildman–Crippen LogP) is 2.26. The van der Waals surface area contributed by atoms with Crippen molar-refractivity contribution in [3.05, 3.63) is 41.7 Å². The Morgan fingerprint density at radius 3 is 2.79 bits per heavy atom. The van der Waals surface area contributed by atoms with Gasteiger partial charge in [-0.05, 0) is 25.5 Å². The summed E-state index contributed by atoms with van der Waals surface area (Å²) in [4.78, 5) is 18.8. The van der Waals surface area contributed by atoms with Crippen LogP contribution in [0.4, 0.5) is 5.82 Å². The number of aryl methyl sites for hydroxylation is 2. The lowest BCUT2D eigenvalue weighted by Gasteiger charge is -2.08. The Bertz CT molecular complexity index is 611. The number of benzene rings is 1. The van der Waals surface area contributed by atoms with Gasteiger partial charge in [0.1, 0.15) is 18.7 Å². The van der Waals surface area contributed by atoms with E-state index in [4.69, 9.17) is 5.11 Å². The molecule has 1 heterocycles. The maximum Gasteiger partial charge on any atom is 0.322 e. The summed E-state index contributed by atoms with van der Waals surface area (Å²) < 4.78 is 0. The van der Waals surface area contributed by atoms with Crippen LogP contribution in [0.25, 0.3) is 11.3 Å². The number of anilines is 1. The number of hydrogen-bond acceptors (Lipinski definition) is 4. The van der Waals surface area contributed by atoms with Crippen LogP contribution in [-0.2, 0) is 4.79 Å². The Balaban J connectivity index is 2.32. The van der Waals surface area contributed by atoms with Crippen molar-refractivity contribution < 1.29 is 9.90 Å². The number of nitrogens with zero attached hydrogens (tertiary/aromatic N) is 2. The lowest BCUT2D eigenvalue weighted by Crippen LogP contribution is -2.13. The third kappa shape index (κ3) is 3.28. The van der Waals surface area contributed by atoms with Gasteiger partial charge in [0.15, 0.2) is 0 Å². The summed E-state index contributed by atoms with van der Waals surface area (Å²) in [6.07, 6.45) is 1.43. The molecule has 0 spiro atoms. The lowest BCUT2D eigenvalue weighted by atomic mass is 10.0. The first-order valence-electron chi connectivity index (χ1n) is 5.91. The predicted molar refractivity (Wildman–Crippen MR) is 73.1 cm³/mol. The molecule has 2 aromatic rings. The van der Waals surface area contributed by atoms with Gasteiger partial charge in [0, 0.05) is 11.6 Å². The Morgan fingerprint density at radius 1 is 1.26 bits per heavy atom. The monoisotopic (exact) mass is 257 g/mol. The second-order valence-corrected chi connectivity index (χ2v) is 4.35. The smallest absolute Gasteiger partial charge is 0.322 e. The van der Waals surface area contributed by atoms with Crippen LogP contribution in [0, 0.1) is 13.8 Å². The molecule has 2 rings (SSSR count). The molecule has 0 fully saturated rings. The molecule has 98 valence electrons. The van der Waals surface area contributed by atoms with Gasteiger partial charge in [-0.1, -0.05) is 17.7 Å². The van der Waals surface area contributed by atoms with Crippen LogP contribution in [0.5, 0.6) is 0 Å². The molecule has 0 aliphatic heterocycles. The van der Waals surface area contributed by atoms with E-state index < -0.39 is 5.97 Å². The Kier molecular flexibility index (Phi) is 3.75. The van der Waals surface area contributed by atoms with Crippen molar-refractivity contribution in [1.82, 2.24) is 9.97 Å². The average Bonchev–Trinajstić information content (AvgIpc) is 2.39. The second-order valence-electron chi connectivity index (χ2n) is 4.35. The van der Waals surface area contributed by atoms with Crippen molar-refractivity contribution >= 4 is 11.8 Å². The molecule has 0 saturated carbocycles. The minimum absolute atomic E-state index is 0.163. The van der Waals surface area contributed by atoms with Crippen molar-refractivity contribution in [2.75, 3.05) is 11.9 Å². The molecule has 1 aromatic heterocycles. The van der Waals surface area contributed by atoms with Crippen LogP contribution < -0.4 is 5.32 Å². The molecule has 0 aliphatic rings. The zero-order valence-electron chi connectivity index (χ0n) is 10.8. The van der Waals surface area contributed by atoms with Crippen LogP contribution in [-0.4, -0.2) is 27.6 Å². The van der Waals surface area contributed by atoms with Crippen molar-refractivity contribution in [3.8, 4) is 11.3 Å². The minimum atomic E-state index is -0.924. The average molecular weight is 257 g/mol. The van der Waals surface area contributed by atoms with E-state index in [0.29, 0.717) is 5.82 Å². The highest BCUT2D eigenvalue weighted by molar-refractivity contribution is 5.73. The van der Waals surface area contributed by atoms with Gasteiger partial charge in [-0.2, -0.15) is 0 Å². The van der Waals surface area contributed by atoms with E-state index >= 15 is 0 Å². The third-order valence-electron chi connectivity index (χ3n) is 2.76. The van der Waals surface area contributed by atoms with E-state index in [9.17, 15) is 4.79 Å². The summed E-state index contributed by atoms with van der Waals surface area (Å²) in [5.41, 5.74) is 4.08. The topological polar surface area (TPSA) is 75.1 Å². The molecule has 5 heteroatoms. The first-order valence-corrected chi connectivity index (χ1v) is 5.91. The van der Waals surface area contributed by atoms with Crippen LogP contribution in [0.15, 0.2) is 30.6 Å². The zero-order valence-corrected chi connectivity index (χ0v) is 10.8. The number of hydrogen-bond donors (Lipinski definition) is 2. The highest BCUT2D eigenvalue weighted by Gasteiger charge is 2.06. The normalized spacial score (nSPS) is 10.2. The molecule has 0 aliphatic carbocycles. The van der Waals surface area contributed by atoms with E-state index in [1.165, 1.54) is 6.33 Å². The first-order chi connectivity index (χ1) is 9.06. The van der Waals surface area contributed by atoms with Gasteiger partial charge < -0.3 is 10.4 Å². The van der Waals surface area contributed by atoms with Crippen LogP contribution in [0.1, 0.15) is 11.1 Å². The Morgan fingerprint density at radius 2 is 2.05 bits per heavy atom. The van der Waals surface area contributed by atoms with Crippen LogP contribution >= 0.6 is 0 Å². The van der Waals surface area contributed by atoms with Crippen LogP contribution in [0.2, 0.25) is 0 Å². The fourth-order valence-electron chi connectivity index (χ4n) is 1.78. The van der Waals surface area contributed by atoms with Gasteiger partial charge >= 0.3 is 5.97 Å². The fourth-order valence-corrected chi connectivity index (χ4v) is 1.78. The van der Waals surface area contributed by atoms with Crippen molar-refractivity contribution in [1.29, 1.82) is 0 Å². The highest BCUT2D eigenvalue weighted by atomic mass is 16.4. The number of carboxylic acid groups (broad SMARTS) is 1. The first kappa shape index (κ1) is 13.0. The second kappa shape index (κ2) is 5.48. The van der Waals surface area contributed by atoms with Gasteiger partial charge in [-0.25, -0.2) is 9.97 Å². The molecule has 0 unspecified atom stereocenters. The van der Waals surface area contributed by atoms with Crippen molar-refractivity contribution in [2.45, 2.75) is 13.8 Å². The number of nitrogens with one attached hydrogen (secondary N) is 1. The molecule has 0 amide bonds. The van der Waals surface area contributed by atoms with E-state index in [1.54, 1.807) is 6.07 Å². The summed E-state index contributed by atoms with van der Waals surface area (Å²) in [5.74, 6) is -0.416. The van der Waals surface area contributed by atoms with Crippen molar-refractivity contribution in [3.63, 3.8) is 0 Å². The van der Waals surface area contributed by atoms with Gasteiger partial charge in [0.2, 0.25) is 0 Å². The molecule has 2 N–H and O–H groups in total. The van der Waals surface area contributed by atoms with Gasteiger partial charge in [-0.3, -0.25) is 4.79 Å². The molecular formula is C14H15N3O2. The molecule has 0 atom stereocenters. The molecular weight excluding hydrogens is 242 g/mol. The highest BCUT2D eigenvalue weighted by Crippen LogP contribution is 2.23. The third-order valence-corrected chi connectivity index (χ3v) is 2.76.